The molecule has 1 aliphatic rings. The molecule has 0 spiro atoms. The van der Waals surface area contributed by atoms with Gasteiger partial charge in [-0.2, -0.15) is 8.78 Å². The summed E-state index contributed by atoms with van der Waals surface area (Å²) in [6.45, 7) is 2.68. The maximum Gasteiger partial charge on any atom is 0.290 e. The Hall–Kier alpha value is -2.55. The average Bonchev–Trinajstić information content (AvgIpc) is 2.69. The van der Waals surface area contributed by atoms with Crippen molar-refractivity contribution in [1.82, 2.24) is 14.8 Å². The van der Waals surface area contributed by atoms with Crippen LogP contribution in [-0.4, -0.2) is 58.5 Å². The van der Waals surface area contributed by atoms with E-state index < -0.39 is 17.5 Å². The minimum atomic E-state index is -2.68. The van der Waals surface area contributed by atoms with Gasteiger partial charge in [-0.3, -0.25) is 9.59 Å². The number of benzene rings is 1. The van der Waals surface area contributed by atoms with E-state index in [1.807, 2.05) is 0 Å². The van der Waals surface area contributed by atoms with Crippen LogP contribution in [0, 0.1) is 12.7 Å². The Morgan fingerprint density at radius 1 is 1.07 bits per heavy atom. The fraction of sp³-hybridized carbons (Fsp3) is 0.316. The van der Waals surface area contributed by atoms with Gasteiger partial charge in [-0.15, -0.1) is 0 Å². The number of pyridine rings is 1. The monoisotopic (exact) mass is 409 g/mol. The van der Waals surface area contributed by atoms with Crippen molar-refractivity contribution in [2.75, 3.05) is 26.2 Å². The summed E-state index contributed by atoms with van der Waals surface area (Å²) < 4.78 is 39.1. The van der Waals surface area contributed by atoms with Crippen LogP contribution in [0.5, 0.6) is 0 Å². The van der Waals surface area contributed by atoms with Gasteiger partial charge in [0.2, 0.25) is 0 Å². The molecule has 1 fully saturated rings. The van der Waals surface area contributed by atoms with Gasteiger partial charge in [0.05, 0.1) is 5.56 Å². The second-order valence-corrected chi connectivity index (χ2v) is 7.26. The second kappa shape index (κ2) is 8.64. The molecule has 28 heavy (non-hydrogen) atoms. The highest BCUT2D eigenvalue weighted by molar-refractivity contribution is 7.99. The van der Waals surface area contributed by atoms with E-state index in [-0.39, 0.29) is 60.0 Å². The summed E-state index contributed by atoms with van der Waals surface area (Å²) in [5.41, 5.74) is 0.833. The molecule has 9 heteroatoms. The Kier molecular flexibility index (Phi) is 6.23. The van der Waals surface area contributed by atoms with Crippen molar-refractivity contribution in [2.24, 2.45) is 0 Å². The summed E-state index contributed by atoms with van der Waals surface area (Å²) in [7, 11) is 0. The molecule has 1 aliphatic heterocycles. The van der Waals surface area contributed by atoms with Crippen molar-refractivity contribution < 1.29 is 22.8 Å². The Labute approximate surface area is 164 Å². The number of hydrogen-bond acceptors (Lipinski definition) is 4. The van der Waals surface area contributed by atoms with Gasteiger partial charge in [-0.05, 0) is 48.5 Å². The van der Waals surface area contributed by atoms with Crippen LogP contribution in [0.2, 0.25) is 0 Å². The van der Waals surface area contributed by atoms with Crippen LogP contribution in [0.15, 0.2) is 41.6 Å². The Balaban J connectivity index is 1.66. The number of thioether (sulfide) groups is 1. The van der Waals surface area contributed by atoms with E-state index >= 15 is 0 Å². The Morgan fingerprint density at radius 3 is 2.32 bits per heavy atom. The Morgan fingerprint density at radius 2 is 1.71 bits per heavy atom. The number of halogens is 3. The molecule has 0 atom stereocenters. The van der Waals surface area contributed by atoms with E-state index in [0.717, 1.165) is 0 Å². The first-order valence-electron chi connectivity index (χ1n) is 8.61. The average molecular weight is 409 g/mol. The van der Waals surface area contributed by atoms with Crippen LogP contribution in [-0.2, 0) is 0 Å². The molecule has 1 aromatic heterocycles. The maximum atomic E-state index is 13.7. The first kappa shape index (κ1) is 20.2. The second-order valence-electron chi connectivity index (χ2n) is 6.28. The van der Waals surface area contributed by atoms with Gasteiger partial charge in [-0.1, -0.05) is 6.07 Å². The van der Waals surface area contributed by atoms with E-state index in [4.69, 9.17) is 0 Å². The zero-order chi connectivity index (χ0) is 20.3. The zero-order valence-corrected chi connectivity index (χ0v) is 15.9. The molecule has 1 saturated heterocycles. The summed E-state index contributed by atoms with van der Waals surface area (Å²) in [6, 6.07) is 7.31. The number of alkyl halides is 2. The normalized spacial score (nSPS) is 14.5. The first-order valence-corrected chi connectivity index (χ1v) is 9.49. The summed E-state index contributed by atoms with van der Waals surface area (Å²) in [5, 5.41) is -0.0175. The number of amides is 2. The molecule has 0 unspecified atom stereocenters. The summed E-state index contributed by atoms with van der Waals surface area (Å²) in [4.78, 5) is 32.2. The molecule has 2 heterocycles. The summed E-state index contributed by atoms with van der Waals surface area (Å²) in [5.74, 6) is -3.82. The van der Waals surface area contributed by atoms with Gasteiger partial charge in [-0.25, -0.2) is 9.37 Å². The van der Waals surface area contributed by atoms with Crippen LogP contribution in [0.25, 0.3) is 0 Å². The molecule has 0 bridgehead atoms. The predicted octanol–water partition coefficient (Wildman–Crippen LogP) is 3.44. The number of aryl methyl sites for hydroxylation is 1. The van der Waals surface area contributed by atoms with Crippen LogP contribution in [0.1, 0.15) is 26.3 Å². The highest BCUT2D eigenvalue weighted by Crippen LogP contribution is 2.27. The molecule has 0 aliphatic carbocycles. The van der Waals surface area contributed by atoms with Gasteiger partial charge in [0.15, 0.2) is 0 Å². The standard InChI is InChI=1S/C19H18F3N3O2S/c1-12-4-5-13(11-15(12)20)17(26)24-7-9-25(10-8-24)18(27)14-3-2-6-23-16(14)28-19(21)22/h2-6,11,19H,7-10H2,1H3. The molecule has 0 saturated carbocycles. The van der Waals surface area contributed by atoms with E-state index in [9.17, 15) is 22.8 Å². The van der Waals surface area contributed by atoms with Crippen LogP contribution in [0.4, 0.5) is 13.2 Å². The fourth-order valence-electron chi connectivity index (χ4n) is 2.92. The largest absolute Gasteiger partial charge is 0.335 e. The molecule has 2 amide bonds. The van der Waals surface area contributed by atoms with Gasteiger partial charge in [0.1, 0.15) is 10.8 Å². The summed E-state index contributed by atoms with van der Waals surface area (Å²) >= 11 is 0.231. The van der Waals surface area contributed by atoms with Gasteiger partial charge in [0.25, 0.3) is 17.6 Å². The lowest BCUT2D eigenvalue weighted by atomic mass is 10.1. The van der Waals surface area contributed by atoms with E-state index in [1.165, 1.54) is 29.3 Å². The summed E-state index contributed by atoms with van der Waals surface area (Å²) in [6.07, 6.45) is 1.36. The van der Waals surface area contributed by atoms with Gasteiger partial charge in [0, 0.05) is 37.9 Å². The first-order chi connectivity index (χ1) is 13.4. The number of aromatic nitrogens is 1. The van der Waals surface area contributed by atoms with E-state index in [0.29, 0.717) is 5.56 Å². The topological polar surface area (TPSA) is 53.5 Å². The number of rotatable bonds is 4. The molecular formula is C19H18F3N3O2S. The van der Waals surface area contributed by atoms with Crippen LogP contribution in [0.3, 0.4) is 0 Å². The zero-order valence-electron chi connectivity index (χ0n) is 15.1. The van der Waals surface area contributed by atoms with Crippen molar-refractivity contribution in [2.45, 2.75) is 17.7 Å². The fourth-order valence-corrected chi connectivity index (χ4v) is 3.50. The minimum absolute atomic E-state index is 0.0175. The lowest BCUT2D eigenvalue weighted by molar-refractivity contribution is 0.0533. The van der Waals surface area contributed by atoms with Crippen molar-refractivity contribution in [3.63, 3.8) is 0 Å². The van der Waals surface area contributed by atoms with Crippen LogP contribution < -0.4 is 0 Å². The molecule has 0 radical (unpaired) electrons. The highest BCUT2D eigenvalue weighted by atomic mass is 32.2. The predicted molar refractivity (Wildman–Crippen MR) is 99.0 cm³/mol. The number of nitrogens with zero attached hydrogens (tertiary/aromatic N) is 3. The third-order valence-electron chi connectivity index (χ3n) is 4.48. The molecule has 2 aromatic rings. The smallest absolute Gasteiger partial charge is 0.290 e. The van der Waals surface area contributed by atoms with Crippen molar-refractivity contribution in [1.29, 1.82) is 0 Å². The number of piperazine rings is 1. The van der Waals surface area contributed by atoms with E-state index in [2.05, 4.69) is 4.98 Å². The number of carbonyl (C=O) groups excluding carboxylic acids is 2. The maximum absolute atomic E-state index is 13.7. The van der Waals surface area contributed by atoms with Crippen molar-refractivity contribution in [3.05, 3.63) is 59.0 Å². The SMILES string of the molecule is Cc1ccc(C(=O)N2CCN(C(=O)c3cccnc3SC(F)F)CC2)cc1F. The molecule has 0 N–H and O–H groups in total. The molecule has 3 rings (SSSR count). The van der Waals surface area contributed by atoms with E-state index in [1.54, 1.807) is 24.0 Å². The van der Waals surface area contributed by atoms with Crippen LogP contribution >= 0.6 is 11.8 Å². The lowest BCUT2D eigenvalue weighted by Crippen LogP contribution is -2.50. The minimum Gasteiger partial charge on any atom is -0.335 e. The quantitative estimate of drug-likeness (QED) is 0.726. The van der Waals surface area contributed by atoms with Gasteiger partial charge >= 0.3 is 0 Å². The molecule has 148 valence electrons. The molecule has 1 aromatic carbocycles. The van der Waals surface area contributed by atoms with Gasteiger partial charge < -0.3 is 9.80 Å². The number of carbonyl (C=O) groups is 2. The lowest BCUT2D eigenvalue weighted by Gasteiger charge is -2.35. The molecule has 5 nitrogen and oxygen atoms in total. The highest BCUT2D eigenvalue weighted by Gasteiger charge is 2.27. The third-order valence-corrected chi connectivity index (χ3v) is 5.20. The molecular weight excluding hydrogens is 391 g/mol. The van der Waals surface area contributed by atoms with Crippen molar-refractivity contribution in [3.8, 4) is 0 Å². The third kappa shape index (κ3) is 4.46. The van der Waals surface area contributed by atoms with Crippen molar-refractivity contribution >= 4 is 23.6 Å². The Bertz CT molecular complexity index is 886. The number of hydrogen-bond donors (Lipinski definition) is 0.